The number of ether oxygens (including phenoxy) is 2. The molecule has 12 nitrogen and oxygen atoms in total. The van der Waals surface area contributed by atoms with Crippen molar-refractivity contribution < 1.29 is 27.8 Å². The van der Waals surface area contributed by atoms with Crippen LogP contribution in [0.5, 0.6) is 11.5 Å². The Kier molecular flexibility index (Phi) is 5.60. The third kappa shape index (κ3) is 4.40. The summed E-state index contributed by atoms with van der Waals surface area (Å²) in [6.07, 6.45) is 5.85. The Morgan fingerprint density at radius 2 is 2.20 bits per heavy atom. The zero-order valence-electron chi connectivity index (χ0n) is 17.9. The Hall–Kier alpha value is -4.75. The molecule has 180 valence electrons. The molecule has 1 aliphatic heterocycles. The van der Waals surface area contributed by atoms with Crippen LogP contribution >= 0.6 is 0 Å². The van der Waals surface area contributed by atoms with Gasteiger partial charge in [0.2, 0.25) is 5.91 Å². The predicted molar refractivity (Wildman–Crippen MR) is 118 cm³/mol. The van der Waals surface area contributed by atoms with E-state index in [0.717, 1.165) is 0 Å². The maximum Gasteiger partial charge on any atom is 0.387 e. The minimum atomic E-state index is -3.12. The smallest absolute Gasteiger partial charge is 0.387 e. The summed E-state index contributed by atoms with van der Waals surface area (Å²) >= 11 is 0. The average molecular weight is 484 g/mol. The molecule has 1 aromatic carbocycles. The molecule has 3 aromatic heterocycles. The lowest BCUT2D eigenvalue weighted by atomic mass is 10.1. The van der Waals surface area contributed by atoms with Gasteiger partial charge in [-0.25, -0.2) is 9.50 Å². The molecule has 2 amide bonds. The van der Waals surface area contributed by atoms with E-state index in [1.807, 2.05) is 0 Å². The molecule has 4 heterocycles. The normalized spacial score (nSPS) is 12.7. The number of aromatic nitrogens is 5. The number of primary amides is 1. The number of nitrogens with two attached hydrogens (primary N) is 1. The number of nitrogens with zero attached hydrogens (tertiary/aromatic N) is 5. The van der Waals surface area contributed by atoms with Crippen LogP contribution in [0.4, 0.5) is 20.2 Å². The van der Waals surface area contributed by atoms with E-state index in [0.29, 0.717) is 30.2 Å². The largest absolute Gasteiger partial charge is 0.490 e. The van der Waals surface area contributed by atoms with Crippen LogP contribution in [0.1, 0.15) is 10.4 Å². The molecule has 0 fully saturated rings. The van der Waals surface area contributed by atoms with Crippen molar-refractivity contribution >= 4 is 28.8 Å². The number of hydrogen-bond acceptors (Lipinski definition) is 8. The highest BCUT2D eigenvalue weighted by atomic mass is 19.3. The first kappa shape index (κ1) is 22.1. The topological polar surface area (TPSA) is 151 Å². The van der Waals surface area contributed by atoms with Crippen molar-refractivity contribution in [3.05, 3.63) is 48.5 Å². The van der Waals surface area contributed by atoms with Gasteiger partial charge in [0.25, 0.3) is 5.91 Å². The molecule has 0 aliphatic carbocycles. The molecule has 0 saturated carbocycles. The van der Waals surface area contributed by atoms with E-state index in [2.05, 4.69) is 25.8 Å². The van der Waals surface area contributed by atoms with E-state index in [4.69, 9.17) is 15.2 Å². The molecule has 0 bridgehead atoms. The van der Waals surface area contributed by atoms with Gasteiger partial charge < -0.3 is 25.8 Å². The first-order chi connectivity index (χ1) is 16.9. The first-order valence-corrected chi connectivity index (χ1v) is 10.3. The summed E-state index contributed by atoms with van der Waals surface area (Å²) in [6.45, 7) is -2.58. The van der Waals surface area contributed by atoms with Crippen molar-refractivity contribution in [2.45, 2.75) is 13.2 Å². The Labute approximate surface area is 195 Å². The van der Waals surface area contributed by atoms with Crippen molar-refractivity contribution in [3.63, 3.8) is 0 Å². The summed E-state index contributed by atoms with van der Waals surface area (Å²) in [7, 11) is 0. The SMILES string of the molecule is NC(=O)Cn1cc(NC(=O)c2cnn3cccnc23)c(-c2cc3c(cc2OC(F)F)NCCO3)n1. The molecule has 0 spiro atoms. The number of carbonyl (C=O) groups excluding carboxylic acids is 2. The molecular weight excluding hydrogens is 466 g/mol. The summed E-state index contributed by atoms with van der Waals surface area (Å²) in [5.41, 5.74) is 6.54. The molecule has 0 atom stereocenters. The number of fused-ring (bicyclic) bond motifs is 2. The third-order valence-corrected chi connectivity index (χ3v) is 5.08. The molecule has 5 rings (SSSR count). The molecule has 0 saturated heterocycles. The van der Waals surface area contributed by atoms with Crippen LogP contribution in [-0.4, -0.2) is 56.0 Å². The molecule has 4 N–H and O–H groups in total. The van der Waals surface area contributed by atoms with Gasteiger partial charge in [0.05, 0.1) is 23.1 Å². The second kappa shape index (κ2) is 8.89. The average Bonchev–Trinajstić information content (AvgIpc) is 3.42. The monoisotopic (exact) mass is 484 g/mol. The second-order valence-electron chi connectivity index (χ2n) is 7.45. The van der Waals surface area contributed by atoms with Crippen LogP contribution in [-0.2, 0) is 11.3 Å². The second-order valence-corrected chi connectivity index (χ2v) is 7.45. The Bertz CT molecular complexity index is 1430. The number of amides is 2. The zero-order valence-corrected chi connectivity index (χ0v) is 17.9. The molecule has 0 unspecified atom stereocenters. The van der Waals surface area contributed by atoms with Crippen molar-refractivity contribution in [1.29, 1.82) is 0 Å². The Morgan fingerprint density at radius 1 is 1.34 bits per heavy atom. The van der Waals surface area contributed by atoms with Gasteiger partial charge in [-0.15, -0.1) is 0 Å². The van der Waals surface area contributed by atoms with Crippen LogP contribution in [0.2, 0.25) is 0 Å². The van der Waals surface area contributed by atoms with E-state index in [-0.39, 0.29) is 34.8 Å². The summed E-state index contributed by atoms with van der Waals surface area (Å²) in [6, 6.07) is 4.50. The molecule has 4 aromatic rings. The highest BCUT2D eigenvalue weighted by molar-refractivity contribution is 6.09. The quantitative estimate of drug-likeness (QED) is 0.359. The fourth-order valence-corrected chi connectivity index (χ4v) is 3.67. The van der Waals surface area contributed by atoms with Gasteiger partial charge in [0, 0.05) is 31.2 Å². The molecule has 35 heavy (non-hydrogen) atoms. The van der Waals surface area contributed by atoms with Crippen LogP contribution in [0, 0.1) is 0 Å². The summed E-state index contributed by atoms with van der Waals surface area (Å²) in [4.78, 5) is 28.7. The standard InChI is InChI=1S/C21H18F2N8O4/c22-21(23)35-15-7-13-16(34-5-3-25-13)6-11(15)18-14(9-30(29-18)10-17(24)32)28-20(33)12-8-27-31-4-1-2-26-19(12)31/h1-2,4,6-9,21,25H,3,5,10H2,(H2,24,32)(H,28,33). The molecule has 0 radical (unpaired) electrons. The number of alkyl halides is 2. The van der Waals surface area contributed by atoms with Gasteiger partial charge >= 0.3 is 6.61 Å². The zero-order chi connectivity index (χ0) is 24.5. The van der Waals surface area contributed by atoms with Crippen molar-refractivity contribution in [3.8, 4) is 22.8 Å². The van der Waals surface area contributed by atoms with Gasteiger partial charge in [-0.2, -0.15) is 19.0 Å². The Morgan fingerprint density at radius 3 is 3.00 bits per heavy atom. The lowest BCUT2D eigenvalue weighted by molar-refractivity contribution is -0.118. The van der Waals surface area contributed by atoms with E-state index in [1.165, 1.54) is 39.9 Å². The summed E-state index contributed by atoms with van der Waals surface area (Å²) in [5, 5.41) is 14.1. The summed E-state index contributed by atoms with van der Waals surface area (Å²) < 4.78 is 39.4. The minimum absolute atomic E-state index is 0.0663. The van der Waals surface area contributed by atoms with Crippen LogP contribution < -0.4 is 25.8 Å². The minimum Gasteiger partial charge on any atom is -0.490 e. The third-order valence-electron chi connectivity index (χ3n) is 5.08. The molecular formula is C21H18F2N8O4. The van der Waals surface area contributed by atoms with E-state index in [1.54, 1.807) is 12.3 Å². The van der Waals surface area contributed by atoms with Crippen LogP contribution in [0.3, 0.4) is 0 Å². The van der Waals surface area contributed by atoms with Crippen molar-refractivity contribution in [1.82, 2.24) is 24.4 Å². The molecule has 1 aliphatic rings. The van der Waals surface area contributed by atoms with Gasteiger partial charge in [0.1, 0.15) is 35.9 Å². The summed E-state index contributed by atoms with van der Waals surface area (Å²) in [5.74, 6) is -1.08. The number of carbonyl (C=O) groups is 2. The van der Waals surface area contributed by atoms with E-state index < -0.39 is 18.4 Å². The van der Waals surface area contributed by atoms with Gasteiger partial charge in [-0.1, -0.05) is 0 Å². The van der Waals surface area contributed by atoms with E-state index >= 15 is 0 Å². The maximum atomic E-state index is 13.2. The van der Waals surface area contributed by atoms with Crippen molar-refractivity contribution in [2.24, 2.45) is 5.73 Å². The number of halogens is 2. The van der Waals surface area contributed by atoms with Crippen LogP contribution in [0.15, 0.2) is 43.0 Å². The number of nitrogens with one attached hydrogen (secondary N) is 2. The fourth-order valence-electron chi connectivity index (χ4n) is 3.67. The molecule has 14 heteroatoms. The predicted octanol–water partition coefficient (Wildman–Crippen LogP) is 1.74. The lowest BCUT2D eigenvalue weighted by Gasteiger charge is -2.21. The van der Waals surface area contributed by atoms with Crippen LogP contribution in [0.25, 0.3) is 16.9 Å². The lowest BCUT2D eigenvalue weighted by Crippen LogP contribution is -2.19. The Balaban J connectivity index is 1.59. The number of benzene rings is 1. The number of hydrogen-bond donors (Lipinski definition) is 3. The number of anilines is 2. The van der Waals surface area contributed by atoms with E-state index in [9.17, 15) is 18.4 Å². The number of rotatable bonds is 7. The van der Waals surface area contributed by atoms with Gasteiger partial charge in [0.15, 0.2) is 5.65 Å². The highest BCUT2D eigenvalue weighted by Crippen LogP contribution is 2.42. The maximum absolute atomic E-state index is 13.2. The first-order valence-electron chi connectivity index (χ1n) is 10.3. The van der Waals surface area contributed by atoms with Gasteiger partial charge in [-0.05, 0) is 12.1 Å². The fraction of sp³-hybridized carbons (Fsp3) is 0.190. The van der Waals surface area contributed by atoms with Crippen molar-refractivity contribution in [2.75, 3.05) is 23.8 Å². The van der Waals surface area contributed by atoms with Gasteiger partial charge in [-0.3, -0.25) is 14.3 Å². The highest BCUT2D eigenvalue weighted by Gasteiger charge is 2.25.